The smallest absolute Gasteiger partial charge is 0.129 e. The molecule has 3 aromatic rings. The van der Waals surface area contributed by atoms with Crippen LogP contribution < -0.4 is 10.6 Å². The van der Waals surface area contributed by atoms with Crippen molar-refractivity contribution < 1.29 is 0 Å². The van der Waals surface area contributed by atoms with Gasteiger partial charge in [0.25, 0.3) is 0 Å². The number of halogens is 3. The number of pyridine rings is 3. The van der Waals surface area contributed by atoms with Crippen molar-refractivity contribution in [2.75, 3.05) is 40.8 Å². The van der Waals surface area contributed by atoms with Gasteiger partial charge in [0.2, 0.25) is 0 Å². The van der Waals surface area contributed by atoms with Crippen LogP contribution in [0.3, 0.4) is 0 Å². The molecule has 6 rings (SSSR count). The van der Waals surface area contributed by atoms with Crippen LogP contribution in [0.15, 0.2) is 42.9 Å². The molecule has 0 aliphatic carbocycles. The molecule has 3 aliphatic rings. The maximum Gasteiger partial charge on any atom is 0.129 e. The van der Waals surface area contributed by atoms with Crippen molar-refractivity contribution in [3.8, 4) is 0 Å². The second-order valence-corrected chi connectivity index (χ2v) is 17.6. The van der Waals surface area contributed by atoms with E-state index in [2.05, 4.69) is 89.8 Å². The summed E-state index contributed by atoms with van der Waals surface area (Å²) in [7, 11) is 5.86. The Kier molecular flexibility index (Phi) is 11.3. The lowest BCUT2D eigenvalue weighted by Gasteiger charge is -2.37. The van der Waals surface area contributed by atoms with Crippen molar-refractivity contribution in [2.45, 2.75) is 82.6 Å². The lowest BCUT2D eigenvalue weighted by atomic mass is 10.1. The maximum absolute atomic E-state index is 6.50. The highest BCUT2D eigenvalue weighted by Gasteiger charge is 2.37. The second kappa shape index (κ2) is 14.6. The first-order valence-electron chi connectivity index (χ1n) is 15.8. The number of nitrogens with zero attached hydrogens (tertiary/aromatic N) is 6. The lowest BCUT2D eigenvalue weighted by molar-refractivity contribution is 0.317. The fourth-order valence-electron chi connectivity index (χ4n) is 7.14. The van der Waals surface area contributed by atoms with E-state index in [-0.39, 0.29) is 5.16 Å². The van der Waals surface area contributed by atoms with Crippen LogP contribution in [0.5, 0.6) is 0 Å². The monoisotopic (exact) mass is 674 g/mol. The predicted octanol–water partition coefficient (Wildman–Crippen LogP) is 8.05. The first-order valence-corrected chi connectivity index (χ1v) is 18.2. The average molecular weight is 676 g/mol. The second-order valence-electron chi connectivity index (χ2n) is 13.5. The molecule has 0 saturated carbocycles. The number of likely N-dealkylation sites (tertiary alicyclic amines) is 3. The van der Waals surface area contributed by atoms with Crippen molar-refractivity contribution in [2.24, 2.45) is 0 Å². The van der Waals surface area contributed by atoms with Crippen LogP contribution in [-0.4, -0.2) is 75.6 Å². The minimum atomic E-state index is -0.738. The van der Waals surface area contributed by atoms with E-state index in [0.717, 1.165) is 25.9 Å². The van der Waals surface area contributed by atoms with E-state index >= 15 is 0 Å². The molecule has 3 fully saturated rings. The zero-order chi connectivity index (χ0) is 31.6. The van der Waals surface area contributed by atoms with Gasteiger partial charge in [0, 0.05) is 36.7 Å². The molecule has 0 spiro atoms. The molecule has 0 unspecified atom stereocenters. The number of aromatic nitrogens is 3. The molecule has 0 N–H and O–H groups in total. The van der Waals surface area contributed by atoms with Crippen molar-refractivity contribution in [1.29, 1.82) is 0 Å². The predicted molar refractivity (Wildman–Crippen MR) is 187 cm³/mol. The molecule has 3 aliphatic heterocycles. The standard InChI is InChI=1S/C24H33Cl2N4P.C10H13ClN2/c1-24(2,3)31(20-12-22(25)27-14-16(20)18-8-6-10-29(18)4)21-13-23(26)28-15-17(21)19-9-7-11-30(19)5;1-13-6-2-3-9(13)8-4-5-10(11)12-7-8/h12-15,18-19H,6-11H2,1-5H3;4-5,7,9H,2-3,6H2,1H3/t18-,19-;9-/m00/s1. The molecule has 3 aromatic heterocycles. The van der Waals surface area contributed by atoms with Crippen LogP contribution in [0.25, 0.3) is 0 Å². The fraction of sp³-hybridized carbons (Fsp3) is 0.559. The largest absolute Gasteiger partial charge is 0.299 e. The van der Waals surface area contributed by atoms with Crippen LogP contribution in [0.1, 0.15) is 94.1 Å². The lowest BCUT2D eigenvalue weighted by Crippen LogP contribution is -2.34. The topological polar surface area (TPSA) is 48.4 Å². The summed E-state index contributed by atoms with van der Waals surface area (Å²) in [4.78, 5) is 20.4. The third-order valence-corrected chi connectivity index (χ3v) is 13.0. The summed E-state index contributed by atoms with van der Waals surface area (Å²) in [5.41, 5.74) is 3.93. The van der Waals surface area contributed by atoms with Gasteiger partial charge in [-0.25, -0.2) is 15.0 Å². The summed E-state index contributed by atoms with van der Waals surface area (Å²) in [5, 5.41) is 4.41. The molecule has 3 saturated heterocycles. The molecule has 0 bridgehead atoms. The molecule has 3 atom stereocenters. The minimum absolute atomic E-state index is 0.0303. The van der Waals surface area contributed by atoms with E-state index in [0.29, 0.717) is 33.6 Å². The molecular formula is C34H46Cl3N6P. The van der Waals surface area contributed by atoms with Gasteiger partial charge in [-0.2, -0.15) is 0 Å². The molecule has 0 amide bonds. The SMILES string of the molecule is CN1CCC[C@H]1c1ccc(Cl)nc1.CN1CCC[C@H]1c1cnc(Cl)cc1P(c1cc(Cl)ncc1[C@@H]1CCCN1C)C(C)(C)C. The van der Waals surface area contributed by atoms with Gasteiger partial charge >= 0.3 is 0 Å². The molecule has 0 radical (unpaired) electrons. The van der Waals surface area contributed by atoms with Crippen LogP contribution in [0, 0.1) is 0 Å². The Labute approximate surface area is 280 Å². The van der Waals surface area contributed by atoms with E-state index in [1.807, 2.05) is 24.7 Å². The normalized spacial score (nSPS) is 23.4. The molecule has 6 nitrogen and oxygen atoms in total. The quantitative estimate of drug-likeness (QED) is 0.202. The van der Waals surface area contributed by atoms with Gasteiger partial charge in [0.05, 0.1) is 0 Å². The summed E-state index contributed by atoms with van der Waals surface area (Å²) in [6, 6.07) is 9.51. The maximum atomic E-state index is 6.50. The van der Waals surface area contributed by atoms with Gasteiger partial charge in [0.1, 0.15) is 15.5 Å². The molecule has 238 valence electrons. The van der Waals surface area contributed by atoms with E-state index in [4.69, 9.17) is 34.8 Å². The molecule has 44 heavy (non-hydrogen) atoms. The first kappa shape index (κ1) is 34.0. The van der Waals surface area contributed by atoms with E-state index in [9.17, 15) is 0 Å². The van der Waals surface area contributed by atoms with Crippen LogP contribution >= 0.6 is 42.7 Å². The summed E-state index contributed by atoms with van der Waals surface area (Å²) in [6.45, 7) is 10.5. The third kappa shape index (κ3) is 7.77. The summed E-state index contributed by atoms with van der Waals surface area (Å²) >= 11 is 18.7. The highest BCUT2D eigenvalue weighted by atomic mass is 35.5. The van der Waals surface area contributed by atoms with Crippen LogP contribution in [0.4, 0.5) is 0 Å². The van der Waals surface area contributed by atoms with Crippen molar-refractivity contribution in [1.82, 2.24) is 29.7 Å². The van der Waals surface area contributed by atoms with Gasteiger partial charge in [-0.1, -0.05) is 61.6 Å². The van der Waals surface area contributed by atoms with Crippen molar-refractivity contribution in [3.05, 3.63) is 75.0 Å². The third-order valence-electron chi connectivity index (χ3n) is 9.32. The van der Waals surface area contributed by atoms with Crippen molar-refractivity contribution in [3.63, 3.8) is 0 Å². The fourth-order valence-corrected chi connectivity index (χ4v) is 10.9. The molecule has 10 heteroatoms. The highest BCUT2D eigenvalue weighted by Crippen LogP contribution is 2.52. The Balaban J connectivity index is 0.000000245. The Morgan fingerprint density at radius 2 is 1.07 bits per heavy atom. The van der Waals surface area contributed by atoms with E-state index in [1.165, 1.54) is 59.5 Å². The molecular weight excluding hydrogens is 630 g/mol. The Bertz CT molecular complexity index is 1350. The number of hydrogen-bond acceptors (Lipinski definition) is 6. The molecule has 6 heterocycles. The van der Waals surface area contributed by atoms with E-state index in [1.54, 1.807) is 0 Å². The van der Waals surface area contributed by atoms with Crippen LogP contribution in [0.2, 0.25) is 15.5 Å². The highest BCUT2D eigenvalue weighted by molar-refractivity contribution is 7.74. The van der Waals surface area contributed by atoms with Gasteiger partial charge in [-0.15, -0.1) is 0 Å². The Morgan fingerprint density at radius 1 is 0.636 bits per heavy atom. The van der Waals surface area contributed by atoms with Gasteiger partial charge in [0.15, 0.2) is 0 Å². The minimum Gasteiger partial charge on any atom is -0.299 e. The molecule has 0 aromatic carbocycles. The number of hydrogen-bond donors (Lipinski definition) is 0. The van der Waals surface area contributed by atoms with Crippen molar-refractivity contribution >= 4 is 53.3 Å². The summed E-state index contributed by atoms with van der Waals surface area (Å²) in [5.74, 6) is 0. The zero-order valence-corrected chi connectivity index (χ0v) is 30.1. The van der Waals surface area contributed by atoms with Crippen LogP contribution in [-0.2, 0) is 0 Å². The average Bonchev–Trinajstić information content (AvgIpc) is 3.71. The Morgan fingerprint density at radius 3 is 1.43 bits per heavy atom. The Hall–Kier alpha value is -1.37. The van der Waals surface area contributed by atoms with Gasteiger partial charge in [-0.3, -0.25) is 14.7 Å². The summed E-state index contributed by atoms with van der Waals surface area (Å²) < 4.78 is 0. The van der Waals surface area contributed by atoms with Gasteiger partial charge < -0.3 is 0 Å². The summed E-state index contributed by atoms with van der Waals surface area (Å²) in [6.07, 6.45) is 13.2. The first-order chi connectivity index (χ1) is 20.9. The number of rotatable bonds is 5. The van der Waals surface area contributed by atoms with Gasteiger partial charge in [-0.05, 0) is 138 Å². The zero-order valence-electron chi connectivity index (χ0n) is 26.9. The van der Waals surface area contributed by atoms with E-state index < -0.39 is 7.92 Å².